The topological polar surface area (TPSA) is 55.5 Å². The van der Waals surface area contributed by atoms with Crippen LogP contribution in [-0.4, -0.2) is 18.3 Å². The van der Waals surface area contributed by atoms with Crippen LogP contribution in [0.5, 0.6) is 0 Å². The molecule has 2 aliphatic rings. The minimum absolute atomic E-state index is 0.0593. The molecule has 21 heavy (non-hydrogen) atoms. The number of hydrogen-bond acceptors (Lipinski definition) is 3. The SMILES string of the molecule is CC1=CC(C)C2(CO)COC(c3ccc(N)cc3)C1C2C. The van der Waals surface area contributed by atoms with Gasteiger partial charge >= 0.3 is 0 Å². The van der Waals surface area contributed by atoms with E-state index in [0.717, 1.165) is 5.69 Å². The van der Waals surface area contributed by atoms with Crippen LogP contribution in [0.25, 0.3) is 0 Å². The number of anilines is 1. The lowest BCUT2D eigenvalue weighted by atomic mass is 9.56. The van der Waals surface area contributed by atoms with Gasteiger partial charge in [0, 0.05) is 17.0 Å². The number of fused-ring (bicyclic) bond motifs is 2. The van der Waals surface area contributed by atoms with Gasteiger partial charge in [0.25, 0.3) is 0 Å². The Labute approximate surface area is 126 Å². The lowest BCUT2D eigenvalue weighted by Gasteiger charge is -2.55. The summed E-state index contributed by atoms with van der Waals surface area (Å²) in [4.78, 5) is 0. The molecule has 3 N–H and O–H groups in total. The number of ether oxygens (including phenoxy) is 1. The maximum absolute atomic E-state index is 9.99. The molecule has 1 fully saturated rings. The first-order valence-electron chi connectivity index (χ1n) is 7.76. The van der Waals surface area contributed by atoms with E-state index in [1.807, 2.05) is 12.1 Å². The van der Waals surface area contributed by atoms with E-state index >= 15 is 0 Å². The second kappa shape index (κ2) is 5.15. The van der Waals surface area contributed by atoms with Crippen LogP contribution in [-0.2, 0) is 4.74 Å². The van der Waals surface area contributed by atoms with Gasteiger partial charge in [0.05, 0.1) is 19.3 Å². The van der Waals surface area contributed by atoms with Gasteiger partial charge in [-0.05, 0) is 36.5 Å². The molecule has 3 nitrogen and oxygen atoms in total. The Morgan fingerprint density at radius 3 is 2.57 bits per heavy atom. The van der Waals surface area contributed by atoms with Crippen LogP contribution in [0.3, 0.4) is 0 Å². The maximum Gasteiger partial charge on any atom is 0.0893 e. The molecule has 1 aliphatic carbocycles. The third kappa shape index (κ3) is 2.11. The van der Waals surface area contributed by atoms with Gasteiger partial charge in [-0.3, -0.25) is 0 Å². The quantitative estimate of drug-likeness (QED) is 0.649. The van der Waals surface area contributed by atoms with Crippen molar-refractivity contribution < 1.29 is 9.84 Å². The lowest BCUT2D eigenvalue weighted by molar-refractivity contribution is -0.165. The Kier molecular flexibility index (Phi) is 3.58. The molecule has 0 saturated carbocycles. The fourth-order valence-corrected chi connectivity index (χ4v) is 4.27. The average molecular weight is 287 g/mol. The van der Waals surface area contributed by atoms with Gasteiger partial charge in [-0.1, -0.05) is 37.6 Å². The zero-order chi connectivity index (χ0) is 15.2. The molecule has 1 aromatic carbocycles. The van der Waals surface area contributed by atoms with Crippen LogP contribution >= 0.6 is 0 Å². The monoisotopic (exact) mass is 287 g/mol. The Hall–Kier alpha value is -1.32. The third-order valence-electron chi connectivity index (χ3n) is 5.81. The van der Waals surface area contributed by atoms with Crippen molar-refractivity contribution in [3.05, 3.63) is 41.5 Å². The van der Waals surface area contributed by atoms with Crippen molar-refractivity contribution in [2.24, 2.45) is 23.2 Å². The van der Waals surface area contributed by atoms with E-state index in [-0.39, 0.29) is 18.1 Å². The molecule has 114 valence electrons. The summed E-state index contributed by atoms with van der Waals surface area (Å²) in [5.74, 6) is 1.07. The number of allylic oxidation sites excluding steroid dienone is 1. The van der Waals surface area contributed by atoms with Crippen molar-refractivity contribution in [1.82, 2.24) is 0 Å². The highest BCUT2D eigenvalue weighted by atomic mass is 16.5. The zero-order valence-corrected chi connectivity index (χ0v) is 13.0. The van der Waals surface area contributed by atoms with Gasteiger partial charge < -0.3 is 15.6 Å². The van der Waals surface area contributed by atoms with Crippen LogP contribution in [0.1, 0.15) is 32.4 Å². The molecule has 5 unspecified atom stereocenters. The number of hydrogen-bond donors (Lipinski definition) is 2. The van der Waals surface area contributed by atoms with E-state index in [0.29, 0.717) is 24.4 Å². The van der Waals surface area contributed by atoms with Crippen LogP contribution in [0, 0.1) is 23.2 Å². The summed E-state index contributed by atoms with van der Waals surface area (Å²) in [6.45, 7) is 7.45. The lowest BCUT2D eigenvalue weighted by Crippen LogP contribution is -2.53. The highest BCUT2D eigenvalue weighted by Crippen LogP contribution is 2.55. The van der Waals surface area contributed by atoms with Crippen LogP contribution in [0.2, 0.25) is 0 Å². The molecular formula is C18H25NO2. The molecule has 3 heteroatoms. The summed E-state index contributed by atoms with van der Waals surface area (Å²) >= 11 is 0. The molecule has 1 aliphatic heterocycles. The van der Waals surface area contributed by atoms with Crippen LogP contribution in [0.15, 0.2) is 35.9 Å². The number of benzene rings is 1. The van der Waals surface area contributed by atoms with Crippen molar-refractivity contribution in [2.75, 3.05) is 18.9 Å². The van der Waals surface area contributed by atoms with E-state index in [4.69, 9.17) is 10.5 Å². The number of aliphatic hydroxyl groups excluding tert-OH is 1. The molecule has 1 aromatic rings. The second-order valence-electron chi connectivity index (χ2n) is 6.80. The summed E-state index contributed by atoms with van der Waals surface area (Å²) in [6, 6.07) is 7.98. The molecular weight excluding hydrogens is 262 g/mol. The van der Waals surface area contributed by atoms with Crippen molar-refractivity contribution >= 4 is 5.69 Å². The van der Waals surface area contributed by atoms with Gasteiger partial charge in [-0.15, -0.1) is 0 Å². The van der Waals surface area contributed by atoms with Crippen molar-refractivity contribution in [3.63, 3.8) is 0 Å². The number of nitrogens with two attached hydrogens (primary N) is 1. The largest absolute Gasteiger partial charge is 0.399 e. The standard InChI is InChI=1S/C18H25NO2/c1-11-8-12(2)18(9-20)10-21-17(16(11)13(18)3)14-4-6-15(19)7-5-14/h4-8,12-13,16-17,20H,9-10,19H2,1-3H3. The zero-order valence-electron chi connectivity index (χ0n) is 13.0. The summed E-state index contributed by atoms with van der Waals surface area (Å²) in [5, 5.41) is 9.99. The highest BCUT2D eigenvalue weighted by Gasteiger charge is 2.53. The fourth-order valence-electron chi connectivity index (χ4n) is 4.27. The Balaban J connectivity index is 2.01. The van der Waals surface area contributed by atoms with Gasteiger partial charge in [-0.25, -0.2) is 0 Å². The average Bonchev–Trinajstić information content (AvgIpc) is 2.46. The summed E-state index contributed by atoms with van der Waals surface area (Å²) < 4.78 is 6.23. The molecule has 2 bridgehead atoms. The molecule has 1 heterocycles. The van der Waals surface area contributed by atoms with Gasteiger partial charge in [-0.2, -0.15) is 0 Å². The summed E-state index contributed by atoms with van der Waals surface area (Å²) in [6.07, 6.45) is 2.39. The van der Waals surface area contributed by atoms with E-state index in [9.17, 15) is 5.11 Å². The number of rotatable bonds is 2. The van der Waals surface area contributed by atoms with E-state index < -0.39 is 0 Å². The molecule has 0 spiro atoms. The fraction of sp³-hybridized carbons (Fsp3) is 0.556. The van der Waals surface area contributed by atoms with Gasteiger partial charge in [0.2, 0.25) is 0 Å². The molecule has 0 aromatic heterocycles. The van der Waals surface area contributed by atoms with Gasteiger partial charge in [0.1, 0.15) is 0 Å². The third-order valence-corrected chi connectivity index (χ3v) is 5.81. The molecule has 0 radical (unpaired) electrons. The first kappa shape index (κ1) is 14.6. The molecule has 5 atom stereocenters. The minimum Gasteiger partial charge on any atom is -0.399 e. The smallest absolute Gasteiger partial charge is 0.0893 e. The minimum atomic E-state index is -0.144. The molecule has 1 saturated heterocycles. The summed E-state index contributed by atoms with van der Waals surface area (Å²) in [7, 11) is 0. The molecule has 0 amide bonds. The van der Waals surface area contributed by atoms with Crippen molar-refractivity contribution in [2.45, 2.75) is 26.9 Å². The Morgan fingerprint density at radius 1 is 1.29 bits per heavy atom. The van der Waals surface area contributed by atoms with Crippen molar-refractivity contribution in [1.29, 1.82) is 0 Å². The van der Waals surface area contributed by atoms with E-state index in [1.54, 1.807) is 0 Å². The van der Waals surface area contributed by atoms with Crippen LogP contribution < -0.4 is 5.73 Å². The highest BCUT2D eigenvalue weighted by molar-refractivity contribution is 5.41. The first-order chi connectivity index (χ1) is 9.99. The number of aliphatic hydroxyl groups is 1. The van der Waals surface area contributed by atoms with Crippen molar-refractivity contribution in [3.8, 4) is 0 Å². The summed E-state index contributed by atoms with van der Waals surface area (Å²) in [5.41, 5.74) is 8.97. The second-order valence-corrected chi connectivity index (χ2v) is 6.80. The maximum atomic E-state index is 9.99. The van der Waals surface area contributed by atoms with Crippen LogP contribution in [0.4, 0.5) is 5.69 Å². The van der Waals surface area contributed by atoms with E-state index in [2.05, 4.69) is 39.0 Å². The molecule has 3 rings (SSSR count). The van der Waals surface area contributed by atoms with Gasteiger partial charge in [0.15, 0.2) is 0 Å². The normalized spacial score (nSPS) is 39.0. The Morgan fingerprint density at radius 2 is 1.95 bits per heavy atom. The predicted octanol–water partition coefficient (Wildman–Crippen LogP) is 3.17. The van der Waals surface area contributed by atoms with E-state index in [1.165, 1.54) is 11.1 Å². The number of nitrogen functional groups attached to an aromatic ring is 1. The predicted molar refractivity (Wildman–Crippen MR) is 84.6 cm³/mol. The Bertz CT molecular complexity index is 551. The first-order valence-corrected chi connectivity index (χ1v) is 7.76.